The molecule has 1 aromatic heterocycles. The number of rotatable bonds is 5. The second kappa shape index (κ2) is 6.78. The topological polar surface area (TPSA) is 71.8 Å². The Labute approximate surface area is 147 Å². The molecule has 1 heterocycles. The predicted molar refractivity (Wildman–Crippen MR) is 95.3 cm³/mol. The molecule has 1 amide bonds. The number of carbonyl (C=O) groups excluding carboxylic acids is 1. The molecule has 0 bridgehead atoms. The molecule has 0 unspecified atom stereocenters. The zero-order valence-electron chi connectivity index (χ0n) is 14.9. The lowest BCUT2D eigenvalue weighted by atomic mass is 10.1. The Kier molecular flexibility index (Phi) is 4.70. The van der Waals surface area contributed by atoms with Crippen LogP contribution < -0.4 is 4.74 Å². The number of benzene rings is 1. The highest BCUT2D eigenvalue weighted by Crippen LogP contribution is 2.38. The number of hydrogen-bond donors (Lipinski definition) is 1. The molecule has 1 aromatic carbocycles. The van der Waals surface area contributed by atoms with Crippen LogP contribution in [-0.2, 0) is 4.79 Å². The second-order valence-electron chi connectivity index (χ2n) is 6.71. The number of amides is 1. The van der Waals surface area contributed by atoms with E-state index in [4.69, 9.17) is 9.84 Å². The molecular formula is C19H24N2O4. The van der Waals surface area contributed by atoms with Crippen LogP contribution in [0.1, 0.15) is 47.8 Å². The summed E-state index contributed by atoms with van der Waals surface area (Å²) in [5.41, 5.74) is 2.49. The molecule has 1 N–H and O–H groups in total. The SMILES string of the molecule is COc1ccc2c(c1)c(C(=O)N(C)CC(=O)O)c(C)n2C1CCCC1. The highest BCUT2D eigenvalue weighted by atomic mass is 16.5. The summed E-state index contributed by atoms with van der Waals surface area (Å²) in [4.78, 5) is 25.2. The van der Waals surface area contributed by atoms with Gasteiger partial charge in [0.2, 0.25) is 0 Å². The number of carboxylic acids is 1. The van der Waals surface area contributed by atoms with Gasteiger partial charge in [0.05, 0.1) is 12.7 Å². The van der Waals surface area contributed by atoms with E-state index >= 15 is 0 Å². The summed E-state index contributed by atoms with van der Waals surface area (Å²) in [6.45, 7) is 1.63. The van der Waals surface area contributed by atoms with E-state index in [2.05, 4.69) is 4.57 Å². The van der Waals surface area contributed by atoms with Crippen LogP contribution in [0.15, 0.2) is 18.2 Å². The zero-order valence-corrected chi connectivity index (χ0v) is 14.9. The lowest BCUT2D eigenvalue weighted by Gasteiger charge is -2.18. The van der Waals surface area contributed by atoms with Crippen LogP contribution >= 0.6 is 0 Å². The Morgan fingerprint density at radius 2 is 2.00 bits per heavy atom. The third-order valence-corrected chi connectivity index (χ3v) is 5.08. The fourth-order valence-electron chi connectivity index (χ4n) is 3.92. The number of nitrogens with zero attached hydrogens (tertiary/aromatic N) is 2. The molecule has 0 atom stereocenters. The molecule has 0 aliphatic heterocycles. The highest BCUT2D eigenvalue weighted by molar-refractivity contribution is 6.09. The van der Waals surface area contributed by atoms with Gasteiger partial charge in [-0.1, -0.05) is 12.8 Å². The fraction of sp³-hybridized carbons (Fsp3) is 0.474. The maximum atomic E-state index is 13.0. The number of hydrogen-bond acceptors (Lipinski definition) is 3. The van der Waals surface area contributed by atoms with E-state index in [1.807, 2.05) is 25.1 Å². The van der Waals surface area contributed by atoms with Crippen molar-refractivity contribution in [1.29, 1.82) is 0 Å². The lowest BCUT2D eigenvalue weighted by molar-refractivity contribution is -0.137. The summed E-state index contributed by atoms with van der Waals surface area (Å²) in [7, 11) is 3.12. The van der Waals surface area contributed by atoms with Gasteiger partial charge in [-0.2, -0.15) is 0 Å². The standard InChI is InChI=1S/C19H24N2O4/c1-12-18(19(24)20(2)11-17(22)23)15-10-14(25-3)8-9-16(15)21(12)13-6-4-5-7-13/h8-10,13H,4-7,11H2,1-3H3,(H,22,23). The predicted octanol–water partition coefficient (Wildman–Crippen LogP) is 3.23. The van der Waals surface area contributed by atoms with E-state index in [9.17, 15) is 9.59 Å². The fourth-order valence-corrected chi connectivity index (χ4v) is 3.92. The number of carbonyl (C=O) groups is 2. The molecule has 3 rings (SSSR count). The van der Waals surface area contributed by atoms with Gasteiger partial charge in [0.25, 0.3) is 5.91 Å². The van der Waals surface area contributed by atoms with E-state index in [1.165, 1.54) is 24.8 Å². The minimum Gasteiger partial charge on any atom is -0.497 e. The Hall–Kier alpha value is -2.50. The van der Waals surface area contributed by atoms with E-state index in [0.717, 1.165) is 29.4 Å². The van der Waals surface area contributed by atoms with Crippen molar-refractivity contribution in [1.82, 2.24) is 9.47 Å². The molecule has 25 heavy (non-hydrogen) atoms. The van der Waals surface area contributed by atoms with Gasteiger partial charge in [0.15, 0.2) is 0 Å². The first kappa shape index (κ1) is 17.3. The first-order valence-corrected chi connectivity index (χ1v) is 8.59. The van der Waals surface area contributed by atoms with Crippen molar-refractivity contribution in [3.63, 3.8) is 0 Å². The number of ether oxygens (including phenoxy) is 1. The monoisotopic (exact) mass is 344 g/mol. The normalized spacial score (nSPS) is 14.8. The molecule has 0 saturated heterocycles. The van der Waals surface area contributed by atoms with Crippen LogP contribution in [0, 0.1) is 6.92 Å². The van der Waals surface area contributed by atoms with E-state index in [0.29, 0.717) is 17.4 Å². The molecule has 1 fully saturated rings. The van der Waals surface area contributed by atoms with Crippen LogP contribution in [0.4, 0.5) is 0 Å². The van der Waals surface area contributed by atoms with Gasteiger partial charge >= 0.3 is 5.97 Å². The van der Waals surface area contributed by atoms with Crippen molar-refractivity contribution in [3.05, 3.63) is 29.5 Å². The van der Waals surface area contributed by atoms with E-state index in [-0.39, 0.29) is 12.5 Å². The zero-order chi connectivity index (χ0) is 18.1. The van der Waals surface area contributed by atoms with Crippen molar-refractivity contribution in [2.45, 2.75) is 38.6 Å². The summed E-state index contributed by atoms with van der Waals surface area (Å²) in [5, 5.41) is 9.83. The van der Waals surface area contributed by atoms with Gasteiger partial charge in [0, 0.05) is 29.7 Å². The molecule has 2 aromatic rings. The van der Waals surface area contributed by atoms with Crippen molar-refractivity contribution >= 4 is 22.8 Å². The second-order valence-corrected chi connectivity index (χ2v) is 6.71. The quantitative estimate of drug-likeness (QED) is 0.904. The smallest absolute Gasteiger partial charge is 0.323 e. The Morgan fingerprint density at radius 1 is 1.32 bits per heavy atom. The Balaban J connectivity index is 2.17. The van der Waals surface area contributed by atoms with Crippen LogP contribution in [-0.4, -0.2) is 47.2 Å². The maximum absolute atomic E-state index is 13.0. The molecule has 1 aliphatic carbocycles. The molecule has 134 valence electrons. The number of aromatic nitrogens is 1. The molecular weight excluding hydrogens is 320 g/mol. The number of likely N-dealkylation sites (N-methyl/N-ethyl adjacent to an activating group) is 1. The summed E-state index contributed by atoms with van der Waals surface area (Å²) in [5.74, 6) is -0.605. The van der Waals surface area contributed by atoms with Crippen LogP contribution in [0.2, 0.25) is 0 Å². The van der Waals surface area contributed by atoms with E-state index < -0.39 is 5.97 Å². The van der Waals surface area contributed by atoms with Crippen LogP contribution in [0.3, 0.4) is 0 Å². The highest BCUT2D eigenvalue weighted by Gasteiger charge is 2.28. The number of aliphatic carboxylic acids is 1. The number of carboxylic acid groups (broad SMARTS) is 1. The molecule has 1 saturated carbocycles. The molecule has 0 radical (unpaired) electrons. The molecule has 6 nitrogen and oxygen atoms in total. The third kappa shape index (κ3) is 3.08. The third-order valence-electron chi connectivity index (χ3n) is 5.08. The summed E-state index contributed by atoms with van der Waals surface area (Å²) < 4.78 is 7.58. The number of fused-ring (bicyclic) bond motifs is 1. The van der Waals surface area contributed by atoms with Crippen molar-refractivity contribution in [2.24, 2.45) is 0 Å². The minimum atomic E-state index is -1.02. The van der Waals surface area contributed by atoms with E-state index in [1.54, 1.807) is 7.11 Å². The first-order valence-electron chi connectivity index (χ1n) is 8.59. The van der Waals surface area contributed by atoms with Gasteiger partial charge in [-0.25, -0.2) is 0 Å². The van der Waals surface area contributed by atoms with Crippen molar-refractivity contribution < 1.29 is 19.4 Å². The van der Waals surface area contributed by atoms with Crippen molar-refractivity contribution in [3.8, 4) is 5.75 Å². The van der Waals surface area contributed by atoms with Gasteiger partial charge in [-0.05, 0) is 38.0 Å². The average molecular weight is 344 g/mol. The van der Waals surface area contributed by atoms with Gasteiger partial charge in [-0.15, -0.1) is 0 Å². The van der Waals surface area contributed by atoms with Crippen LogP contribution in [0.25, 0.3) is 10.9 Å². The summed E-state index contributed by atoms with van der Waals surface area (Å²) >= 11 is 0. The van der Waals surface area contributed by atoms with Gasteiger partial charge < -0.3 is 19.3 Å². The summed E-state index contributed by atoms with van der Waals surface area (Å²) in [6, 6.07) is 6.16. The Bertz CT molecular complexity index is 818. The van der Waals surface area contributed by atoms with Crippen LogP contribution in [0.5, 0.6) is 5.75 Å². The first-order chi connectivity index (χ1) is 11.9. The molecule has 0 spiro atoms. The summed E-state index contributed by atoms with van der Waals surface area (Å²) in [6.07, 6.45) is 4.61. The molecule has 1 aliphatic rings. The largest absolute Gasteiger partial charge is 0.497 e. The maximum Gasteiger partial charge on any atom is 0.323 e. The Morgan fingerprint density at radius 3 is 2.60 bits per heavy atom. The average Bonchev–Trinajstić information content (AvgIpc) is 3.18. The molecule has 6 heteroatoms. The van der Waals surface area contributed by atoms with Gasteiger partial charge in [-0.3, -0.25) is 9.59 Å². The van der Waals surface area contributed by atoms with Crippen molar-refractivity contribution in [2.75, 3.05) is 20.7 Å². The van der Waals surface area contributed by atoms with Gasteiger partial charge in [0.1, 0.15) is 12.3 Å². The lowest BCUT2D eigenvalue weighted by Crippen LogP contribution is -2.32. The number of methoxy groups -OCH3 is 1. The minimum absolute atomic E-state index is 0.269.